The predicted octanol–water partition coefficient (Wildman–Crippen LogP) is 6.08. The summed E-state index contributed by atoms with van der Waals surface area (Å²) in [6.45, 7) is 12.6. The van der Waals surface area contributed by atoms with Crippen LogP contribution in [0.3, 0.4) is 0 Å². The maximum atomic E-state index is 13.2. The molecule has 4 heterocycles. The summed E-state index contributed by atoms with van der Waals surface area (Å²) in [5.74, 6) is 1.41. The number of thiophene rings is 1. The van der Waals surface area contributed by atoms with Gasteiger partial charge in [-0.1, -0.05) is 53.9 Å². The van der Waals surface area contributed by atoms with Gasteiger partial charge < -0.3 is 35.1 Å². The maximum Gasteiger partial charge on any atom is 0.245 e. The van der Waals surface area contributed by atoms with Crippen molar-refractivity contribution >= 4 is 81.1 Å². The van der Waals surface area contributed by atoms with Gasteiger partial charge in [-0.25, -0.2) is 0 Å². The SMILES string of the molecule is Cc1sc2c(c1C)C(c1ccc(Cl)cc1)=N[C@@H](CC(=O)NCCOCCOCCN(C)CCOCC(=O)NCCCC(=O)NC1=NN(c3ccc(Cl)c(Cl)c3)CC1C)c1nnc(C)n1-2. The van der Waals surface area contributed by atoms with Crippen LogP contribution in [0.5, 0.6) is 0 Å². The van der Waals surface area contributed by atoms with E-state index in [4.69, 9.17) is 54.0 Å². The third kappa shape index (κ3) is 13.3. The number of hydrogen-bond acceptors (Lipinski definition) is 13. The zero-order chi connectivity index (χ0) is 45.8. The molecule has 0 fully saturated rings. The maximum absolute atomic E-state index is 13.2. The summed E-state index contributed by atoms with van der Waals surface area (Å²) < 4.78 is 19.0. The number of carbonyl (C=O) groups is 3. The first-order chi connectivity index (χ1) is 30.8. The van der Waals surface area contributed by atoms with Gasteiger partial charge in [-0.2, -0.15) is 5.10 Å². The fraction of sp³-hybridized carbons (Fsp3) is 0.477. The first kappa shape index (κ1) is 49.0. The molecule has 16 nitrogen and oxygen atoms in total. The summed E-state index contributed by atoms with van der Waals surface area (Å²) in [5.41, 5.74) is 4.65. The van der Waals surface area contributed by atoms with E-state index in [1.165, 1.54) is 4.88 Å². The highest BCUT2D eigenvalue weighted by atomic mass is 35.5. The lowest BCUT2D eigenvalue weighted by Crippen LogP contribution is -2.35. The second kappa shape index (κ2) is 23.6. The number of likely N-dealkylation sites (N-methyl/N-ethyl adjacent to an activating group) is 1. The van der Waals surface area contributed by atoms with Gasteiger partial charge in [0, 0.05) is 59.5 Å². The van der Waals surface area contributed by atoms with E-state index < -0.39 is 6.04 Å². The van der Waals surface area contributed by atoms with Crippen LogP contribution in [0.25, 0.3) is 5.00 Å². The Balaban J connectivity index is 0.787. The first-order valence-corrected chi connectivity index (χ1v) is 23.2. The Morgan fingerprint density at radius 3 is 2.33 bits per heavy atom. The Morgan fingerprint density at radius 2 is 1.58 bits per heavy atom. The molecule has 2 aromatic heterocycles. The summed E-state index contributed by atoms with van der Waals surface area (Å²) in [4.78, 5) is 46.3. The number of rotatable bonds is 22. The van der Waals surface area contributed by atoms with Crippen molar-refractivity contribution in [2.24, 2.45) is 16.0 Å². The minimum absolute atomic E-state index is 0.0277. The third-order valence-electron chi connectivity index (χ3n) is 10.7. The average molecular weight is 958 g/mol. The molecule has 3 N–H and O–H groups in total. The number of carbonyl (C=O) groups excluding carboxylic acids is 3. The summed E-state index contributed by atoms with van der Waals surface area (Å²) in [6.07, 6.45) is 0.818. The van der Waals surface area contributed by atoms with Crippen molar-refractivity contribution < 1.29 is 28.6 Å². The molecule has 0 bridgehead atoms. The molecule has 0 radical (unpaired) electrons. The Morgan fingerprint density at radius 1 is 0.859 bits per heavy atom. The zero-order valence-corrected chi connectivity index (χ0v) is 39.8. The highest BCUT2D eigenvalue weighted by molar-refractivity contribution is 7.15. The van der Waals surface area contributed by atoms with Crippen LogP contribution in [0, 0.1) is 26.7 Å². The van der Waals surface area contributed by atoms with Crippen LogP contribution in [0.2, 0.25) is 15.1 Å². The quantitative estimate of drug-likeness (QED) is 0.0784. The molecule has 4 aromatic rings. The van der Waals surface area contributed by atoms with Crippen LogP contribution in [0.15, 0.2) is 52.6 Å². The topological polar surface area (TPSA) is 177 Å². The fourth-order valence-corrected chi connectivity index (χ4v) is 8.62. The van der Waals surface area contributed by atoms with Crippen molar-refractivity contribution in [3.63, 3.8) is 0 Å². The number of fused-ring (bicyclic) bond motifs is 3. The summed E-state index contributed by atoms with van der Waals surface area (Å²) in [7, 11) is 1.95. The van der Waals surface area contributed by atoms with Crippen LogP contribution in [-0.4, -0.2) is 128 Å². The van der Waals surface area contributed by atoms with Crippen molar-refractivity contribution in [3.05, 3.63) is 90.7 Å². The van der Waals surface area contributed by atoms with E-state index in [0.29, 0.717) is 98.9 Å². The number of nitrogens with zero attached hydrogens (tertiary/aromatic N) is 7. The van der Waals surface area contributed by atoms with E-state index >= 15 is 0 Å². The van der Waals surface area contributed by atoms with E-state index in [2.05, 4.69) is 45.1 Å². The molecule has 2 atom stereocenters. The number of benzene rings is 2. The normalized spacial score (nSPS) is 15.7. The molecule has 0 saturated carbocycles. The van der Waals surface area contributed by atoms with Gasteiger partial charge in [0.25, 0.3) is 0 Å². The monoisotopic (exact) mass is 956 g/mol. The Kier molecular flexibility index (Phi) is 18.1. The third-order valence-corrected chi connectivity index (χ3v) is 12.8. The van der Waals surface area contributed by atoms with Gasteiger partial charge in [-0.3, -0.25) is 29.0 Å². The zero-order valence-electron chi connectivity index (χ0n) is 36.7. The Labute approximate surface area is 392 Å². The number of aryl methyl sites for hydroxylation is 2. The van der Waals surface area contributed by atoms with Crippen LogP contribution in [0.4, 0.5) is 5.69 Å². The van der Waals surface area contributed by atoms with Crippen molar-refractivity contribution in [3.8, 4) is 5.00 Å². The standard InChI is InChI=1S/C44H55Cl3N10O6S/c1-27-25-56(33-12-13-34(46)35(47)23-33)54-42(27)51-37(58)7-6-14-48-39(60)26-63-20-17-55(5)16-19-62-22-21-61-18-15-49-38(59)24-36-43-53-52-30(4)57(43)44-40(28(2)29(3)64-44)41(50-36)31-8-10-32(45)11-9-31/h8-13,23,27,36H,6-7,14-22,24-26H2,1-5H3,(H,48,60)(H,49,59)(H,51,54,58)/t27?,36-/m0/s1. The number of halogens is 3. The first-order valence-electron chi connectivity index (χ1n) is 21.2. The van der Waals surface area contributed by atoms with Crippen LogP contribution >= 0.6 is 46.1 Å². The molecule has 64 heavy (non-hydrogen) atoms. The molecule has 0 spiro atoms. The molecule has 6 rings (SSSR count). The molecule has 344 valence electrons. The van der Waals surface area contributed by atoms with Gasteiger partial charge in [0.15, 0.2) is 5.82 Å². The molecule has 2 aliphatic rings. The number of aliphatic imine (C=N–C) groups is 1. The number of hydrogen-bond donors (Lipinski definition) is 3. The lowest BCUT2D eigenvalue weighted by molar-refractivity contribution is -0.126. The van der Waals surface area contributed by atoms with E-state index in [-0.39, 0.29) is 43.1 Å². The number of amides is 3. The summed E-state index contributed by atoms with van der Waals surface area (Å²) >= 11 is 20.1. The van der Waals surface area contributed by atoms with Gasteiger partial charge in [0.2, 0.25) is 17.7 Å². The Bertz CT molecular complexity index is 2320. The van der Waals surface area contributed by atoms with Crippen molar-refractivity contribution in [1.29, 1.82) is 0 Å². The fourth-order valence-electron chi connectivity index (χ4n) is 6.99. The molecule has 2 aliphatic heterocycles. The van der Waals surface area contributed by atoms with Crippen LogP contribution in [-0.2, 0) is 28.6 Å². The average Bonchev–Trinajstić information content (AvgIpc) is 3.90. The highest BCUT2D eigenvalue weighted by Gasteiger charge is 2.32. The number of ether oxygens (including phenoxy) is 3. The van der Waals surface area contributed by atoms with Gasteiger partial charge >= 0.3 is 0 Å². The van der Waals surface area contributed by atoms with E-state index in [9.17, 15) is 14.4 Å². The molecular formula is C44H55Cl3N10O6S. The van der Waals surface area contributed by atoms with E-state index in [1.54, 1.807) is 28.5 Å². The molecule has 3 amide bonds. The molecule has 1 unspecified atom stereocenters. The Hall–Kier alpha value is -4.46. The number of aromatic nitrogens is 3. The number of hydrazone groups is 1. The lowest BCUT2D eigenvalue weighted by atomic mass is 9.99. The highest BCUT2D eigenvalue weighted by Crippen LogP contribution is 2.39. The number of amidine groups is 1. The van der Waals surface area contributed by atoms with Crippen LogP contribution < -0.4 is 21.0 Å². The summed E-state index contributed by atoms with van der Waals surface area (Å²) in [5, 5.41) is 26.3. The second-order valence-corrected chi connectivity index (χ2v) is 18.1. The van der Waals surface area contributed by atoms with Crippen molar-refractivity contribution in [2.75, 3.05) is 84.4 Å². The molecule has 0 saturated heterocycles. The van der Waals surface area contributed by atoms with Crippen LogP contribution in [0.1, 0.15) is 65.4 Å². The van der Waals surface area contributed by atoms with Gasteiger partial charge in [0.05, 0.1) is 67.4 Å². The largest absolute Gasteiger partial charge is 0.378 e. The van der Waals surface area contributed by atoms with E-state index in [0.717, 1.165) is 38.9 Å². The summed E-state index contributed by atoms with van der Waals surface area (Å²) in [6, 6.07) is 12.3. The van der Waals surface area contributed by atoms with Gasteiger partial charge in [-0.05, 0) is 70.1 Å². The van der Waals surface area contributed by atoms with E-state index in [1.807, 2.05) is 60.7 Å². The minimum Gasteiger partial charge on any atom is -0.378 e. The predicted molar refractivity (Wildman–Crippen MR) is 252 cm³/mol. The van der Waals surface area contributed by atoms with Crippen molar-refractivity contribution in [2.45, 2.75) is 53.0 Å². The molecule has 2 aromatic carbocycles. The number of anilines is 1. The smallest absolute Gasteiger partial charge is 0.245 e. The minimum atomic E-state index is -0.548. The molecular weight excluding hydrogens is 903 g/mol. The number of nitrogens with one attached hydrogen (secondary N) is 3. The lowest BCUT2D eigenvalue weighted by Gasteiger charge is -2.16. The molecule has 20 heteroatoms. The second-order valence-electron chi connectivity index (χ2n) is 15.6. The van der Waals surface area contributed by atoms with Gasteiger partial charge in [0.1, 0.15) is 29.3 Å². The van der Waals surface area contributed by atoms with Crippen molar-refractivity contribution in [1.82, 2.24) is 35.6 Å². The molecule has 0 aliphatic carbocycles. The van der Waals surface area contributed by atoms with Gasteiger partial charge in [-0.15, -0.1) is 21.5 Å².